The van der Waals surface area contributed by atoms with Crippen LogP contribution in [0, 0.1) is 6.92 Å². The molecule has 0 saturated carbocycles. The van der Waals surface area contributed by atoms with Crippen molar-refractivity contribution in [2.45, 2.75) is 19.8 Å². The van der Waals surface area contributed by atoms with E-state index in [1.807, 2.05) is 11.8 Å². The first-order valence-corrected chi connectivity index (χ1v) is 8.01. The van der Waals surface area contributed by atoms with Crippen molar-refractivity contribution in [3.8, 4) is 0 Å². The van der Waals surface area contributed by atoms with Crippen LogP contribution in [-0.4, -0.2) is 42.0 Å². The molecule has 0 spiro atoms. The summed E-state index contributed by atoms with van der Waals surface area (Å²) in [6, 6.07) is 8.63. The van der Waals surface area contributed by atoms with Gasteiger partial charge in [-0.05, 0) is 12.5 Å². The molecule has 1 aromatic rings. The quantitative estimate of drug-likeness (QED) is 0.681. The van der Waals surface area contributed by atoms with Gasteiger partial charge in [0.2, 0.25) is 0 Å². The molecule has 2 N–H and O–H groups in total. The van der Waals surface area contributed by atoms with Crippen molar-refractivity contribution in [2.75, 3.05) is 31.1 Å². The van der Waals surface area contributed by atoms with E-state index in [4.69, 9.17) is 5.73 Å². The van der Waals surface area contributed by atoms with E-state index in [-0.39, 0.29) is 0 Å². The van der Waals surface area contributed by atoms with Gasteiger partial charge in [0.25, 0.3) is 0 Å². The van der Waals surface area contributed by atoms with E-state index in [9.17, 15) is 0 Å². The largest absolute Gasteiger partial charge is 0.370 e. The Balaban J connectivity index is 1.93. The van der Waals surface area contributed by atoms with Gasteiger partial charge in [-0.1, -0.05) is 36.8 Å². The normalized spacial score (nSPS) is 18.4. The molecule has 1 aromatic carbocycles. The first-order valence-electron chi connectivity index (χ1n) is 6.86. The minimum Gasteiger partial charge on any atom is -0.370 e. The summed E-state index contributed by atoms with van der Waals surface area (Å²) in [5.41, 5.74) is 8.71. The maximum atomic E-state index is 6.07. The van der Waals surface area contributed by atoms with E-state index in [2.05, 4.69) is 48.0 Å². The van der Waals surface area contributed by atoms with E-state index >= 15 is 0 Å². The van der Waals surface area contributed by atoms with Crippen molar-refractivity contribution in [3.05, 3.63) is 35.4 Å². The molecule has 1 atom stereocenters. The van der Waals surface area contributed by atoms with E-state index < -0.39 is 0 Å². The van der Waals surface area contributed by atoms with Crippen molar-refractivity contribution in [2.24, 2.45) is 10.7 Å². The van der Waals surface area contributed by atoms with Crippen LogP contribution >= 0.6 is 11.8 Å². The number of benzene rings is 1. The summed E-state index contributed by atoms with van der Waals surface area (Å²) in [5, 5.41) is 0. The summed E-state index contributed by atoms with van der Waals surface area (Å²) in [4.78, 5) is 6.76. The number of thioether (sulfide) groups is 1. The molecular weight excluding hydrogens is 254 g/mol. The number of aliphatic imine (C=N–C) groups is 1. The Morgan fingerprint density at radius 1 is 1.42 bits per heavy atom. The van der Waals surface area contributed by atoms with Gasteiger partial charge in [0.1, 0.15) is 0 Å². The second-order valence-corrected chi connectivity index (χ2v) is 6.34. The van der Waals surface area contributed by atoms with Crippen LogP contribution in [0.4, 0.5) is 0 Å². The monoisotopic (exact) mass is 277 g/mol. The topological polar surface area (TPSA) is 41.6 Å². The minimum absolute atomic E-state index is 0.414. The summed E-state index contributed by atoms with van der Waals surface area (Å²) in [7, 11) is 0. The average molecular weight is 277 g/mol. The highest BCUT2D eigenvalue weighted by molar-refractivity contribution is 7.99. The van der Waals surface area contributed by atoms with E-state index in [1.54, 1.807) is 0 Å². The lowest BCUT2D eigenvalue weighted by Gasteiger charge is -2.27. The highest BCUT2D eigenvalue weighted by Crippen LogP contribution is 2.17. The summed E-state index contributed by atoms with van der Waals surface area (Å²) in [6.07, 6.45) is 0. The van der Waals surface area contributed by atoms with Crippen LogP contribution in [0.25, 0.3) is 0 Å². The number of hydrogen-bond donors (Lipinski definition) is 1. The zero-order valence-electron chi connectivity index (χ0n) is 11.8. The molecule has 1 aliphatic heterocycles. The molecule has 1 fully saturated rings. The molecule has 0 aromatic heterocycles. The fourth-order valence-electron chi connectivity index (χ4n) is 2.20. The van der Waals surface area contributed by atoms with Gasteiger partial charge in [0.05, 0.1) is 0 Å². The molecule has 0 amide bonds. The molecule has 1 unspecified atom stereocenters. The molecule has 2 rings (SSSR count). The molecule has 1 heterocycles. The molecule has 1 saturated heterocycles. The van der Waals surface area contributed by atoms with Gasteiger partial charge in [-0.3, -0.25) is 4.99 Å². The van der Waals surface area contributed by atoms with Gasteiger partial charge in [0.15, 0.2) is 5.96 Å². The van der Waals surface area contributed by atoms with Gasteiger partial charge >= 0.3 is 0 Å². The molecule has 1 aliphatic rings. The number of nitrogens with two attached hydrogens (primary N) is 1. The highest BCUT2D eigenvalue weighted by Gasteiger charge is 2.12. The molecule has 4 heteroatoms. The molecule has 0 aliphatic carbocycles. The summed E-state index contributed by atoms with van der Waals surface area (Å²) >= 11 is 1.99. The smallest absolute Gasteiger partial charge is 0.191 e. The van der Waals surface area contributed by atoms with Crippen molar-refractivity contribution in [3.63, 3.8) is 0 Å². The van der Waals surface area contributed by atoms with Crippen LogP contribution in [0.3, 0.4) is 0 Å². The van der Waals surface area contributed by atoms with Crippen LogP contribution < -0.4 is 5.73 Å². The third kappa shape index (κ3) is 4.16. The predicted octanol–water partition coefficient (Wildman–Crippen LogP) is 2.46. The minimum atomic E-state index is 0.414. The van der Waals surface area contributed by atoms with Crippen LogP contribution in [-0.2, 0) is 0 Å². The van der Waals surface area contributed by atoms with Crippen LogP contribution in [0.1, 0.15) is 24.0 Å². The zero-order valence-corrected chi connectivity index (χ0v) is 12.6. The maximum absolute atomic E-state index is 6.07. The van der Waals surface area contributed by atoms with Crippen molar-refractivity contribution in [1.29, 1.82) is 0 Å². The Kier molecular flexibility index (Phi) is 5.14. The number of guanidine groups is 1. The van der Waals surface area contributed by atoms with E-state index in [0.717, 1.165) is 31.1 Å². The summed E-state index contributed by atoms with van der Waals surface area (Å²) in [5.74, 6) is 3.44. The molecule has 0 bridgehead atoms. The lowest BCUT2D eigenvalue weighted by Crippen LogP contribution is -2.42. The van der Waals surface area contributed by atoms with Crippen LogP contribution in [0.15, 0.2) is 29.3 Å². The maximum Gasteiger partial charge on any atom is 0.191 e. The third-order valence-corrected chi connectivity index (χ3v) is 4.42. The predicted molar refractivity (Wildman–Crippen MR) is 85.0 cm³/mol. The number of aryl methyl sites for hydroxylation is 1. The standard InChI is InChI=1S/C15H23N3S/c1-12-4-3-5-14(10-12)13(2)11-17-15(16)18-6-8-19-9-7-18/h3-5,10,13H,6-9,11H2,1-2H3,(H2,16,17). The number of nitrogens with zero attached hydrogens (tertiary/aromatic N) is 2. The Bertz CT molecular complexity index is 439. The first-order chi connectivity index (χ1) is 9.16. The van der Waals surface area contributed by atoms with Gasteiger partial charge in [0, 0.05) is 37.1 Å². The third-order valence-electron chi connectivity index (χ3n) is 3.47. The first kappa shape index (κ1) is 14.3. The molecule has 0 radical (unpaired) electrons. The molecule has 19 heavy (non-hydrogen) atoms. The summed E-state index contributed by atoms with van der Waals surface area (Å²) in [6.45, 7) is 7.15. The van der Waals surface area contributed by atoms with E-state index in [0.29, 0.717) is 11.9 Å². The fourth-order valence-corrected chi connectivity index (χ4v) is 3.11. The van der Waals surface area contributed by atoms with Gasteiger partial charge in [-0.2, -0.15) is 11.8 Å². The van der Waals surface area contributed by atoms with Crippen molar-refractivity contribution in [1.82, 2.24) is 4.90 Å². The number of rotatable bonds is 3. The molecule has 3 nitrogen and oxygen atoms in total. The van der Waals surface area contributed by atoms with E-state index in [1.165, 1.54) is 11.1 Å². The Hall–Kier alpha value is -1.16. The van der Waals surface area contributed by atoms with Crippen molar-refractivity contribution < 1.29 is 0 Å². The van der Waals surface area contributed by atoms with Crippen LogP contribution in [0.2, 0.25) is 0 Å². The number of hydrogen-bond acceptors (Lipinski definition) is 2. The lowest BCUT2D eigenvalue weighted by molar-refractivity contribution is 0.455. The molecular formula is C15H23N3S. The Labute approximate surface area is 120 Å². The zero-order chi connectivity index (χ0) is 13.7. The average Bonchev–Trinajstić information content (AvgIpc) is 2.45. The Morgan fingerprint density at radius 3 is 2.84 bits per heavy atom. The Morgan fingerprint density at radius 2 is 2.16 bits per heavy atom. The second-order valence-electron chi connectivity index (χ2n) is 5.11. The summed E-state index contributed by atoms with van der Waals surface area (Å²) < 4.78 is 0. The van der Waals surface area contributed by atoms with Gasteiger partial charge in [-0.25, -0.2) is 0 Å². The fraction of sp³-hybridized carbons (Fsp3) is 0.533. The van der Waals surface area contributed by atoms with Gasteiger partial charge in [-0.15, -0.1) is 0 Å². The van der Waals surface area contributed by atoms with Crippen LogP contribution in [0.5, 0.6) is 0 Å². The van der Waals surface area contributed by atoms with Gasteiger partial charge < -0.3 is 10.6 Å². The highest BCUT2D eigenvalue weighted by atomic mass is 32.2. The molecule has 104 valence electrons. The lowest BCUT2D eigenvalue weighted by atomic mass is 10.00. The second kappa shape index (κ2) is 6.85. The van der Waals surface area contributed by atoms with Crippen molar-refractivity contribution >= 4 is 17.7 Å². The SMILES string of the molecule is Cc1cccc(C(C)CN=C(N)N2CCSCC2)c1.